The minimum atomic E-state index is -0.539. The van der Waals surface area contributed by atoms with Crippen molar-refractivity contribution in [2.24, 2.45) is 0 Å². The molecule has 28 heavy (non-hydrogen) atoms. The summed E-state index contributed by atoms with van der Waals surface area (Å²) in [5.41, 5.74) is 10.0. The van der Waals surface area contributed by atoms with Crippen molar-refractivity contribution in [1.82, 2.24) is 14.5 Å². The van der Waals surface area contributed by atoms with Crippen molar-refractivity contribution >= 4 is 28.6 Å². The molecule has 0 amide bonds. The molecule has 0 saturated carbocycles. The van der Waals surface area contributed by atoms with Crippen molar-refractivity contribution in [3.8, 4) is 0 Å². The minimum Gasteiger partial charge on any atom is -0.382 e. The first kappa shape index (κ1) is 20.6. The van der Waals surface area contributed by atoms with Crippen molar-refractivity contribution in [3.63, 3.8) is 0 Å². The van der Waals surface area contributed by atoms with E-state index in [1.807, 2.05) is 6.92 Å². The number of pyridine rings is 1. The molecule has 2 heterocycles. The lowest BCUT2D eigenvalue weighted by molar-refractivity contribution is 0.565. The van der Waals surface area contributed by atoms with E-state index in [9.17, 15) is 8.78 Å². The third kappa shape index (κ3) is 4.29. The fraction of sp³-hybridized carbons (Fsp3) is 0.429. The molecular weight excluding hydrogens is 378 g/mol. The summed E-state index contributed by atoms with van der Waals surface area (Å²) >= 11 is 1.43. The smallest absolute Gasteiger partial charge is 0.151 e. The van der Waals surface area contributed by atoms with Crippen LogP contribution < -0.4 is 5.73 Å². The van der Waals surface area contributed by atoms with E-state index in [0.29, 0.717) is 10.7 Å². The maximum absolute atomic E-state index is 13.7. The number of nitrogen functional groups attached to an aromatic ring is 1. The van der Waals surface area contributed by atoms with Gasteiger partial charge in [-0.2, -0.15) is 0 Å². The van der Waals surface area contributed by atoms with Gasteiger partial charge in [-0.25, -0.2) is 18.7 Å². The van der Waals surface area contributed by atoms with Crippen molar-refractivity contribution in [1.29, 1.82) is 0 Å². The van der Waals surface area contributed by atoms with Crippen molar-refractivity contribution in [2.45, 2.75) is 57.9 Å². The highest BCUT2D eigenvalue weighted by atomic mass is 32.2. The van der Waals surface area contributed by atoms with E-state index in [1.54, 1.807) is 0 Å². The molecule has 0 bridgehead atoms. The Labute approximate surface area is 168 Å². The van der Waals surface area contributed by atoms with E-state index in [1.165, 1.54) is 23.9 Å². The Morgan fingerprint density at radius 1 is 1.11 bits per heavy atom. The van der Waals surface area contributed by atoms with E-state index in [2.05, 4.69) is 23.4 Å². The Hall–Kier alpha value is -2.15. The molecule has 0 aliphatic heterocycles. The molecular formula is C21H26F2N4S. The minimum absolute atomic E-state index is 0.487. The largest absolute Gasteiger partial charge is 0.382 e. The van der Waals surface area contributed by atoms with Gasteiger partial charge < -0.3 is 10.3 Å². The Morgan fingerprint density at radius 2 is 1.89 bits per heavy atom. The zero-order chi connectivity index (χ0) is 20.3. The second kappa shape index (κ2) is 8.90. The molecule has 150 valence electrons. The lowest BCUT2D eigenvalue weighted by atomic mass is 10.2. The summed E-state index contributed by atoms with van der Waals surface area (Å²) in [5.74, 6) is 1.30. The fourth-order valence-corrected chi connectivity index (χ4v) is 4.31. The van der Waals surface area contributed by atoms with E-state index in [0.717, 1.165) is 72.2 Å². The van der Waals surface area contributed by atoms with Crippen LogP contribution >= 0.6 is 11.8 Å². The quantitative estimate of drug-likeness (QED) is 0.402. The average Bonchev–Trinajstić information content (AvgIpc) is 3.03. The Bertz CT molecular complexity index is 984. The van der Waals surface area contributed by atoms with Gasteiger partial charge in [-0.1, -0.05) is 13.3 Å². The van der Waals surface area contributed by atoms with Gasteiger partial charge in [-0.15, -0.1) is 11.8 Å². The number of imidazole rings is 1. The summed E-state index contributed by atoms with van der Waals surface area (Å²) in [7, 11) is 0. The van der Waals surface area contributed by atoms with Crippen LogP contribution in [0.25, 0.3) is 11.0 Å². The monoisotopic (exact) mass is 404 g/mol. The zero-order valence-electron chi connectivity index (χ0n) is 16.6. The molecule has 7 heteroatoms. The number of halogens is 2. The average molecular weight is 405 g/mol. The molecule has 0 saturated heterocycles. The van der Waals surface area contributed by atoms with Crippen LogP contribution in [0.1, 0.15) is 43.3 Å². The molecule has 3 aromatic rings. The first-order valence-corrected chi connectivity index (χ1v) is 10.6. The van der Waals surface area contributed by atoms with E-state index < -0.39 is 11.6 Å². The topological polar surface area (TPSA) is 56.7 Å². The number of nitrogens with zero attached hydrogens (tertiary/aromatic N) is 3. The number of rotatable bonds is 8. The highest BCUT2D eigenvalue weighted by Gasteiger charge is 2.16. The number of benzene rings is 1. The number of unbranched alkanes of at least 4 members (excludes halogenated alkanes) is 2. The van der Waals surface area contributed by atoms with E-state index in [4.69, 9.17) is 10.7 Å². The van der Waals surface area contributed by atoms with Gasteiger partial charge in [0.05, 0.1) is 5.52 Å². The van der Waals surface area contributed by atoms with Crippen LogP contribution in [0.3, 0.4) is 0 Å². The second-order valence-electron chi connectivity index (χ2n) is 6.92. The van der Waals surface area contributed by atoms with Crippen molar-refractivity contribution in [3.05, 3.63) is 46.9 Å². The van der Waals surface area contributed by atoms with Gasteiger partial charge >= 0.3 is 0 Å². The highest BCUT2D eigenvalue weighted by Crippen LogP contribution is 2.27. The van der Waals surface area contributed by atoms with Gasteiger partial charge in [0.2, 0.25) is 0 Å². The number of aromatic nitrogens is 3. The van der Waals surface area contributed by atoms with Crippen molar-refractivity contribution < 1.29 is 8.78 Å². The Balaban J connectivity index is 1.59. The van der Waals surface area contributed by atoms with Crippen LogP contribution in [-0.2, 0) is 13.0 Å². The number of nitrogens with two attached hydrogens (primary N) is 1. The number of fused-ring (bicyclic) bond motifs is 1. The van der Waals surface area contributed by atoms with Crippen LogP contribution in [0.5, 0.6) is 0 Å². The summed E-state index contributed by atoms with van der Waals surface area (Å²) in [6.45, 7) is 7.01. The lowest BCUT2D eigenvalue weighted by Crippen LogP contribution is -2.05. The zero-order valence-corrected chi connectivity index (χ0v) is 17.4. The van der Waals surface area contributed by atoms with Crippen LogP contribution in [0, 0.1) is 25.5 Å². The summed E-state index contributed by atoms with van der Waals surface area (Å²) in [6, 6.07) is 3.74. The van der Waals surface area contributed by atoms with Gasteiger partial charge in [-0.3, -0.25) is 0 Å². The summed E-state index contributed by atoms with van der Waals surface area (Å²) in [4.78, 5) is 9.60. The van der Waals surface area contributed by atoms with Crippen LogP contribution in [0.15, 0.2) is 23.1 Å². The fourth-order valence-electron chi connectivity index (χ4n) is 3.38. The molecule has 2 N–H and O–H groups in total. The Kier molecular flexibility index (Phi) is 6.54. The van der Waals surface area contributed by atoms with Gasteiger partial charge in [-0.05, 0) is 50.1 Å². The number of thioether (sulfide) groups is 1. The number of anilines is 1. The normalized spacial score (nSPS) is 11.5. The predicted octanol–water partition coefficient (Wildman–Crippen LogP) is 5.43. The van der Waals surface area contributed by atoms with Gasteiger partial charge in [0.1, 0.15) is 23.0 Å². The molecule has 0 aliphatic rings. The molecule has 0 spiro atoms. The molecule has 2 aromatic heterocycles. The molecule has 3 rings (SSSR count). The maximum Gasteiger partial charge on any atom is 0.151 e. The molecule has 0 radical (unpaired) electrons. The summed E-state index contributed by atoms with van der Waals surface area (Å²) < 4.78 is 28.9. The molecule has 0 fully saturated rings. The first-order chi connectivity index (χ1) is 13.4. The summed E-state index contributed by atoms with van der Waals surface area (Å²) in [5, 5.41) is 0. The molecule has 0 unspecified atom stereocenters. The molecule has 0 atom stereocenters. The van der Waals surface area contributed by atoms with E-state index in [-0.39, 0.29) is 0 Å². The molecule has 0 aliphatic carbocycles. The number of aryl methyl sites for hydroxylation is 4. The van der Waals surface area contributed by atoms with E-state index >= 15 is 0 Å². The van der Waals surface area contributed by atoms with Gasteiger partial charge in [0.15, 0.2) is 5.82 Å². The van der Waals surface area contributed by atoms with Crippen LogP contribution in [0.4, 0.5) is 14.6 Å². The van der Waals surface area contributed by atoms with Gasteiger partial charge in [0.25, 0.3) is 0 Å². The maximum atomic E-state index is 13.7. The number of hydrogen-bond donors (Lipinski definition) is 1. The van der Waals surface area contributed by atoms with Crippen LogP contribution in [-0.4, -0.2) is 20.3 Å². The Morgan fingerprint density at radius 3 is 2.61 bits per heavy atom. The molecule has 4 nitrogen and oxygen atoms in total. The second-order valence-corrected chi connectivity index (χ2v) is 8.06. The third-order valence-electron chi connectivity index (χ3n) is 4.97. The SMILES string of the molecule is CCc1nc2c(N)nc(C)c(C)c2n1CCCCCSc1ccc(F)cc1F. The van der Waals surface area contributed by atoms with Crippen LogP contribution in [0.2, 0.25) is 0 Å². The van der Waals surface area contributed by atoms with Crippen molar-refractivity contribution in [2.75, 3.05) is 11.5 Å². The lowest BCUT2D eigenvalue weighted by Gasteiger charge is -2.11. The highest BCUT2D eigenvalue weighted by molar-refractivity contribution is 7.99. The summed E-state index contributed by atoms with van der Waals surface area (Å²) in [6.07, 6.45) is 3.84. The number of hydrogen-bond acceptors (Lipinski definition) is 4. The molecule has 1 aromatic carbocycles. The third-order valence-corrected chi connectivity index (χ3v) is 6.10. The van der Waals surface area contributed by atoms with Gasteiger partial charge in [0, 0.05) is 29.6 Å². The first-order valence-electron chi connectivity index (χ1n) is 9.62. The standard InChI is InChI=1S/C21H26F2N4S/c1-4-18-26-19-20(13(2)14(3)25-21(19)24)27(18)10-6-5-7-11-28-17-9-8-15(22)12-16(17)23/h8-9,12H,4-7,10-11H2,1-3H3,(H2,24,25). The predicted molar refractivity (Wildman–Crippen MR) is 112 cm³/mol.